The molecule has 1 unspecified atom stereocenters. The smallest absolute Gasteiger partial charge is 0.295 e. The van der Waals surface area contributed by atoms with E-state index in [4.69, 9.17) is 15.0 Å². The fourth-order valence-corrected chi connectivity index (χ4v) is 1.58. The lowest BCUT2D eigenvalue weighted by molar-refractivity contribution is 0.0478. The van der Waals surface area contributed by atoms with E-state index in [0.717, 1.165) is 12.8 Å². The molecule has 2 rings (SSSR count). The van der Waals surface area contributed by atoms with E-state index in [1.54, 1.807) is 0 Å². The van der Waals surface area contributed by atoms with Crippen molar-refractivity contribution in [2.75, 3.05) is 12.3 Å². The lowest BCUT2D eigenvalue weighted by atomic mass is 10.2. The molecule has 0 saturated heterocycles. The van der Waals surface area contributed by atoms with Crippen molar-refractivity contribution < 1.29 is 9.26 Å². The van der Waals surface area contributed by atoms with Gasteiger partial charge in [0, 0.05) is 6.61 Å². The number of ether oxygens (including phenoxy) is 1. The van der Waals surface area contributed by atoms with Crippen LogP contribution >= 0.6 is 0 Å². The largest absolute Gasteiger partial charge is 0.370 e. The second-order valence-corrected chi connectivity index (χ2v) is 3.73. The maximum atomic E-state index is 5.57. The highest BCUT2D eigenvalue weighted by Crippen LogP contribution is 2.22. The maximum Gasteiger partial charge on any atom is 0.295 e. The molecule has 2 aromatic heterocycles. The van der Waals surface area contributed by atoms with Gasteiger partial charge in [-0.1, -0.05) is 18.5 Å². The molecule has 0 aromatic carbocycles. The minimum Gasteiger partial charge on any atom is -0.370 e. The predicted octanol–water partition coefficient (Wildman–Crippen LogP) is 1.31. The van der Waals surface area contributed by atoms with Crippen LogP contribution in [0.4, 0.5) is 5.95 Å². The number of aromatic amines is 1. The standard InChI is InChI=1S/C10H16N6O2/c1-3-5-6(17-4-2)7-12-9(18-16-7)8-13-10(11)15-14-8/h6H,3-5H2,1-2H3,(H3,11,13,14,15). The van der Waals surface area contributed by atoms with E-state index in [1.165, 1.54) is 0 Å². The first kappa shape index (κ1) is 12.5. The first-order valence-electron chi connectivity index (χ1n) is 5.88. The molecule has 8 nitrogen and oxygen atoms in total. The van der Waals surface area contributed by atoms with Crippen molar-refractivity contribution in [3.05, 3.63) is 5.82 Å². The SMILES string of the molecule is CCCC(OCC)c1noc(-c2nc(N)n[nH]2)n1. The van der Waals surface area contributed by atoms with Crippen LogP contribution in [0.25, 0.3) is 11.7 Å². The average Bonchev–Trinajstić information content (AvgIpc) is 2.97. The van der Waals surface area contributed by atoms with Gasteiger partial charge < -0.3 is 15.0 Å². The highest BCUT2D eigenvalue weighted by Gasteiger charge is 2.20. The molecule has 0 aliphatic carbocycles. The third-order valence-corrected chi connectivity index (χ3v) is 2.35. The Morgan fingerprint density at radius 3 is 2.83 bits per heavy atom. The Labute approximate surface area is 104 Å². The summed E-state index contributed by atoms with van der Waals surface area (Å²) < 4.78 is 10.7. The Morgan fingerprint density at radius 1 is 1.39 bits per heavy atom. The van der Waals surface area contributed by atoms with Crippen molar-refractivity contribution in [2.24, 2.45) is 0 Å². The molecular formula is C10H16N6O2. The lowest BCUT2D eigenvalue weighted by Crippen LogP contribution is -2.06. The summed E-state index contributed by atoms with van der Waals surface area (Å²) in [6.07, 6.45) is 1.66. The molecule has 3 N–H and O–H groups in total. The molecule has 0 amide bonds. The maximum absolute atomic E-state index is 5.57. The molecule has 2 aromatic rings. The first-order valence-corrected chi connectivity index (χ1v) is 5.88. The van der Waals surface area contributed by atoms with Crippen molar-refractivity contribution in [3.63, 3.8) is 0 Å². The third-order valence-electron chi connectivity index (χ3n) is 2.35. The van der Waals surface area contributed by atoms with Crippen LogP contribution in [0.1, 0.15) is 38.6 Å². The number of nitrogen functional groups attached to an aromatic ring is 1. The van der Waals surface area contributed by atoms with E-state index in [9.17, 15) is 0 Å². The summed E-state index contributed by atoms with van der Waals surface area (Å²) >= 11 is 0. The minimum absolute atomic E-state index is 0.139. The number of H-pyrrole nitrogens is 1. The van der Waals surface area contributed by atoms with Crippen molar-refractivity contribution in [1.82, 2.24) is 25.3 Å². The zero-order valence-corrected chi connectivity index (χ0v) is 10.4. The summed E-state index contributed by atoms with van der Waals surface area (Å²) in [7, 11) is 0. The second kappa shape index (κ2) is 5.58. The van der Waals surface area contributed by atoms with E-state index in [1.807, 2.05) is 6.92 Å². The number of rotatable bonds is 6. The zero-order chi connectivity index (χ0) is 13.0. The van der Waals surface area contributed by atoms with Gasteiger partial charge in [-0.05, 0) is 13.3 Å². The lowest BCUT2D eigenvalue weighted by Gasteiger charge is -2.10. The summed E-state index contributed by atoms with van der Waals surface area (Å²) in [6.45, 7) is 4.61. The Bertz CT molecular complexity index is 488. The minimum atomic E-state index is -0.155. The highest BCUT2D eigenvalue weighted by molar-refractivity contribution is 5.41. The number of nitrogens with zero attached hydrogens (tertiary/aromatic N) is 4. The molecule has 0 aliphatic heterocycles. The predicted molar refractivity (Wildman–Crippen MR) is 63.4 cm³/mol. The molecule has 1 atom stereocenters. The highest BCUT2D eigenvalue weighted by atomic mass is 16.5. The number of nitrogens with two attached hydrogens (primary N) is 1. The molecule has 0 radical (unpaired) electrons. The Hall–Kier alpha value is -1.96. The summed E-state index contributed by atoms with van der Waals surface area (Å²) in [4.78, 5) is 8.16. The van der Waals surface area contributed by atoms with Gasteiger partial charge in [0.1, 0.15) is 6.10 Å². The molecule has 0 bridgehead atoms. The van der Waals surface area contributed by atoms with Crippen molar-refractivity contribution in [1.29, 1.82) is 0 Å². The molecule has 98 valence electrons. The Kier molecular flexibility index (Phi) is 3.88. The monoisotopic (exact) mass is 252 g/mol. The van der Waals surface area contributed by atoms with Gasteiger partial charge in [-0.3, -0.25) is 5.10 Å². The molecule has 0 saturated carbocycles. The van der Waals surface area contributed by atoms with Crippen LogP contribution < -0.4 is 5.73 Å². The molecule has 8 heteroatoms. The van der Waals surface area contributed by atoms with Crippen molar-refractivity contribution in [3.8, 4) is 11.7 Å². The first-order chi connectivity index (χ1) is 8.74. The van der Waals surface area contributed by atoms with Crippen LogP contribution in [0, 0.1) is 0 Å². The van der Waals surface area contributed by atoms with Gasteiger partial charge in [0.15, 0.2) is 0 Å². The van der Waals surface area contributed by atoms with Crippen LogP contribution in [-0.2, 0) is 4.74 Å². The number of nitrogens with one attached hydrogen (secondary N) is 1. The van der Waals surface area contributed by atoms with Gasteiger partial charge in [-0.2, -0.15) is 9.97 Å². The summed E-state index contributed by atoms with van der Waals surface area (Å²) in [5.74, 6) is 1.27. The Morgan fingerprint density at radius 2 is 2.22 bits per heavy atom. The van der Waals surface area contributed by atoms with Crippen LogP contribution in [0.15, 0.2) is 4.52 Å². The quantitative estimate of drug-likeness (QED) is 0.796. The van der Waals surface area contributed by atoms with Gasteiger partial charge in [0.25, 0.3) is 5.89 Å². The molecular weight excluding hydrogens is 236 g/mol. The van der Waals surface area contributed by atoms with E-state index in [2.05, 4.69) is 32.2 Å². The molecule has 0 aliphatic rings. The van der Waals surface area contributed by atoms with Crippen molar-refractivity contribution >= 4 is 5.95 Å². The van der Waals surface area contributed by atoms with Gasteiger partial charge >= 0.3 is 0 Å². The second-order valence-electron chi connectivity index (χ2n) is 3.73. The average molecular weight is 252 g/mol. The summed E-state index contributed by atoms with van der Waals surface area (Å²) in [6, 6.07) is 0. The van der Waals surface area contributed by atoms with Gasteiger partial charge in [-0.25, -0.2) is 0 Å². The van der Waals surface area contributed by atoms with Crippen molar-refractivity contribution in [2.45, 2.75) is 32.8 Å². The van der Waals surface area contributed by atoms with Gasteiger partial charge in [-0.15, -0.1) is 5.10 Å². The molecule has 2 heterocycles. The van der Waals surface area contributed by atoms with Gasteiger partial charge in [0.2, 0.25) is 17.6 Å². The molecule has 0 fully saturated rings. The third kappa shape index (κ3) is 2.65. The number of aromatic nitrogens is 5. The topological polar surface area (TPSA) is 116 Å². The van der Waals surface area contributed by atoms with Crippen LogP contribution in [0.3, 0.4) is 0 Å². The van der Waals surface area contributed by atoms with Crippen LogP contribution in [0.5, 0.6) is 0 Å². The van der Waals surface area contributed by atoms with Crippen LogP contribution in [0.2, 0.25) is 0 Å². The summed E-state index contributed by atoms with van der Waals surface area (Å²) in [5, 5.41) is 10.2. The summed E-state index contributed by atoms with van der Waals surface area (Å²) in [5.41, 5.74) is 5.41. The normalized spacial score (nSPS) is 12.8. The van der Waals surface area contributed by atoms with E-state index in [-0.39, 0.29) is 17.9 Å². The molecule has 18 heavy (non-hydrogen) atoms. The van der Waals surface area contributed by atoms with E-state index < -0.39 is 0 Å². The number of hydrogen-bond acceptors (Lipinski definition) is 7. The van der Waals surface area contributed by atoms with E-state index >= 15 is 0 Å². The zero-order valence-electron chi connectivity index (χ0n) is 10.4. The number of anilines is 1. The number of hydrogen-bond donors (Lipinski definition) is 2. The Balaban J connectivity index is 2.18. The fourth-order valence-electron chi connectivity index (χ4n) is 1.58. The molecule has 0 spiro atoms. The fraction of sp³-hybridized carbons (Fsp3) is 0.600. The van der Waals surface area contributed by atoms with E-state index in [0.29, 0.717) is 18.3 Å². The van der Waals surface area contributed by atoms with Gasteiger partial charge in [0.05, 0.1) is 0 Å². The van der Waals surface area contributed by atoms with Crippen LogP contribution in [-0.4, -0.2) is 31.9 Å².